The van der Waals surface area contributed by atoms with Gasteiger partial charge in [-0.1, -0.05) is 11.8 Å². The SMILES string of the molecule is Cn1c(SCCC2CCCNC2)n[nH]c1=O. The predicted molar refractivity (Wildman–Crippen MR) is 64.8 cm³/mol. The molecule has 2 rings (SSSR count). The number of nitrogens with zero attached hydrogens (tertiary/aromatic N) is 2. The highest BCUT2D eigenvalue weighted by Crippen LogP contribution is 2.20. The fourth-order valence-electron chi connectivity index (χ4n) is 1.95. The van der Waals surface area contributed by atoms with Crippen molar-refractivity contribution in [3.8, 4) is 0 Å². The first kappa shape index (κ1) is 11.7. The van der Waals surface area contributed by atoms with E-state index in [1.54, 1.807) is 23.4 Å². The molecule has 0 bridgehead atoms. The van der Waals surface area contributed by atoms with Gasteiger partial charge in [0.2, 0.25) is 0 Å². The molecule has 0 aromatic carbocycles. The Hall–Kier alpha value is -0.750. The van der Waals surface area contributed by atoms with Crippen molar-refractivity contribution in [1.82, 2.24) is 20.1 Å². The zero-order valence-electron chi connectivity index (χ0n) is 9.53. The van der Waals surface area contributed by atoms with Crippen LogP contribution in [0.3, 0.4) is 0 Å². The van der Waals surface area contributed by atoms with E-state index in [0.29, 0.717) is 0 Å². The van der Waals surface area contributed by atoms with Crippen molar-refractivity contribution in [2.24, 2.45) is 13.0 Å². The largest absolute Gasteiger partial charge is 0.343 e. The highest BCUT2D eigenvalue weighted by molar-refractivity contribution is 7.99. The van der Waals surface area contributed by atoms with E-state index in [1.165, 1.54) is 19.3 Å². The summed E-state index contributed by atoms with van der Waals surface area (Å²) in [5, 5.41) is 10.6. The Morgan fingerprint density at radius 1 is 1.62 bits per heavy atom. The van der Waals surface area contributed by atoms with Crippen LogP contribution in [0.1, 0.15) is 19.3 Å². The molecule has 90 valence electrons. The first-order valence-corrected chi connectivity index (χ1v) is 6.71. The third-order valence-electron chi connectivity index (χ3n) is 2.99. The van der Waals surface area contributed by atoms with Crippen LogP contribution in [0.25, 0.3) is 0 Å². The first-order chi connectivity index (χ1) is 7.77. The van der Waals surface area contributed by atoms with E-state index in [0.717, 1.165) is 29.9 Å². The molecule has 1 aromatic heterocycles. The van der Waals surface area contributed by atoms with E-state index in [1.807, 2.05) is 0 Å². The summed E-state index contributed by atoms with van der Waals surface area (Å²) in [5.74, 6) is 1.82. The van der Waals surface area contributed by atoms with Crippen LogP contribution < -0.4 is 11.0 Å². The van der Waals surface area contributed by atoms with E-state index in [4.69, 9.17) is 0 Å². The summed E-state index contributed by atoms with van der Waals surface area (Å²) in [7, 11) is 1.75. The first-order valence-electron chi connectivity index (χ1n) is 5.72. The maximum atomic E-state index is 11.1. The molecule has 5 nitrogen and oxygen atoms in total. The second-order valence-electron chi connectivity index (χ2n) is 4.22. The van der Waals surface area contributed by atoms with Crippen LogP contribution in [0.4, 0.5) is 0 Å². The molecule has 0 spiro atoms. The Morgan fingerprint density at radius 2 is 2.50 bits per heavy atom. The van der Waals surface area contributed by atoms with E-state index >= 15 is 0 Å². The Kier molecular flexibility index (Phi) is 4.06. The number of rotatable bonds is 4. The van der Waals surface area contributed by atoms with E-state index in [-0.39, 0.29) is 5.69 Å². The van der Waals surface area contributed by atoms with Gasteiger partial charge < -0.3 is 5.32 Å². The molecule has 1 unspecified atom stereocenters. The smallest absolute Gasteiger partial charge is 0.316 e. The van der Waals surface area contributed by atoms with E-state index in [2.05, 4.69) is 15.5 Å². The van der Waals surface area contributed by atoms with Gasteiger partial charge >= 0.3 is 5.69 Å². The Balaban J connectivity index is 1.75. The number of aromatic nitrogens is 3. The lowest BCUT2D eigenvalue weighted by Gasteiger charge is -2.22. The fourth-order valence-corrected chi connectivity index (χ4v) is 2.97. The van der Waals surface area contributed by atoms with Gasteiger partial charge in [-0.3, -0.25) is 4.57 Å². The van der Waals surface area contributed by atoms with Gasteiger partial charge in [0.1, 0.15) is 0 Å². The molecule has 1 atom stereocenters. The highest BCUT2D eigenvalue weighted by atomic mass is 32.2. The lowest BCUT2D eigenvalue weighted by molar-refractivity contribution is 0.371. The van der Waals surface area contributed by atoms with Gasteiger partial charge in [-0.2, -0.15) is 0 Å². The predicted octanol–water partition coefficient (Wildman–Crippen LogP) is 0.590. The zero-order chi connectivity index (χ0) is 11.4. The van der Waals surface area contributed by atoms with Crippen molar-refractivity contribution in [2.75, 3.05) is 18.8 Å². The molecule has 1 fully saturated rings. The average molecular weight is 242 g/mol. The average Bonchev–Trinajstić information content (AvgIpc) is 2.62. The van der Waals surface area contributed by atoms with Gasteiger partial charge in [0.05, 0.1) is 0 Å². The third kappa shape index (κ3) is 2.89. The second-order valence-corrected chi connectivity index (χ2v) is 5.28. The van der Waals surface area contributed by atoms with E-state index in [9.17, 15) is 4.79 Å². The van der Waals surface area contributed by atoms with E-state index < -0.39 is 0 Å². The normalized spacial score (nSPS) is 21.2. The number of aromatic amines is 1. The maximum absolute atomic E-state index is 11.1. The highest BCUT2D eigenvalue weighted by Gasteiger charge is 2.13. The zero-order valence-corrected chi connectivity index (χ0v) is 10.3. The number of piperidine rings is 1. The minimum Gasteiger partial charge on any atom is -0.316 e. The Labute approximate surface area is 99.0 Å². The second kappa shape index (κ2) is 5.54. The standard InChI is InChI=1S/C10H18N4OS/c1-14-9(15)12-13-10(14)16-6-4-8-3-2-5-11-7-8/h8,11H,2-7H2,1H3,(H,12,15). The third-order valence-corrected chi connectivity index (χ3v) is 4.06. The quantitative estimate of drug-likeness (QED) is 0.759. The number of H-pyrrole nitrogens is 1. The number of hydrogen-bond acceptors (Lipinski definition) is 4. The molecule has 1 saturated heterocycles. The van der Waals surface area contributed by atoms with Gasteiger partial charge in [0.25, 0.3) is 0 Å². The molecule has 16 heavy (non-hydrogen) atoms. The Bertz CT molecular complexity index is 380. The van der Waals surface area contributed by atoms with Crippen molar-refractivity contribution >= 4 is 11.8 Å². The number of hydrogen-bond donors (Lipinski definition) is 2. The molecule has 6 heteroatoms. The minimum atomic E-state index is -0.137. The lowest BCUT2D eigenvalue weighted by atomic mass is 9.97. The summed E-state index contributed by atoms with van der Waals surface area (Å²) >= 11 is 1.65. The minimum absolute atomic E-state index is 0.137. The summed E-state index contributed by atoms with van der Waals surface area (Å²) in [5.41, 5.74) is -0.137. The summed E-state index contributed by atoms with van der Waals surface area (Å²) in [6, 6.07) is 0. The molecule has 1 aliphatic rings. The molecule has 2 heterocycles. The van der Waals surface area contributed by atoms with Crippen molar-refractivity contribution in [3.05, 3.63) is 10.5 Å². The monoisotopic (exact) mass is 242 g/mol. The van der Waals surface area contributed by atoms with Crippen molar-refractivity contribution in [1.29, 1.82) is 0 Å². The van der Waals surface area contributed by atoms with Crippen LogP contribution in [0, 0.1) is 5.92 Å². The van der Waals surface area contributed by atoms with Crippen LogP contribution in [-0.4, -0.2) is 33.6 Å². The topological polar surface area (TPSA) is 62.7 Å². The molecule has 1 aliphatic heterocycles. The summed E-state index contributed by atoms with van der Waals surface area (Å²) < 4.78 is 1.56. The molecule has 1 aromatic rings. The van der Waals surface area contributed by atoms with Crippen LogP contribution in [0.2, 0.25) is 0 Å². The number of nitrogens with one attached hydrogen (secondary N) is 2. The van der Waals surface area contributed by atoms with Gasteiger partial charge in [-0.05, 0) is 38.3 Å². The van der Waals surface area contributed by atoms with Crippen molar-refractivity contribution < 1.29 is 0 Å². The fraction of sp³-hybridized carbons (Fsp3) is 0.800. The lowest BCUT2D eigenvalue weighted by Crippen LogP contribution is -2.29. The van der Waals surface area contributed by atoms with Crippen molar-refractivity contribution in [3.63, 3.8) is 0 Å². The van der Waals surface area contributed by atoms with Gasteiger partial charge in [-0.25, -0.2) is 9.89 Å². The summed E-state index contributed by atoms with van der Waals surface area (Å²) in [4.78, 5) is 11.1. The van der Waals surface area contributed by atoms with Crippen LogP contribution in [0.5, 0.6) is 0 Å². The summed E-state index contributed by atoms with van der Waals surface area (Å²) in [6.07, 6.45) is 3.81. The molecule has 2 N–H and O–H groups in total. The molecule has 0 radical (unpaired) electrons. The number of thioether (sulfide) groups is 1. The molecular formula is C10H18N4OS. The maximum Gasteiger partial charge on any atom is 0.343 e. The Morgan fingerprint density at radius 3 is 3.12 bits per heavy atom. The van der Waals surface area contributed by atoms with Gasteiger partial charge in [0.15, 0.2) is 5.16 Å². The van der Waals surface area contributed by atoms with Gasteiger partial charge in [-0.15, -0.1) is 5.10 Å². The van der Waals surface area contributed by atoms with Crippen LogP contribution >= 0.6 is 11.8 Å². The van der Waals surface area contributed by atoms with Gasteiger partial charge in [0, 0.05) is 12.8 Å². The molecule has 0 amide bonds. The van der Waals surface area contributed by atoms with Crippen molar-refractivity contribution in [2.45, 2.75) is 24.4 Å². The molecular weight excluding hydrogens is 224 g/mol. The van der Waals surface area contributed by atoms with Crippen LogP contribution in [-0.2, 0) is 7.05 Å². The van der Waals surface area contributed by atoms with Crippen LogP contribution in [0.15, 0.2) is 9.95 Å². The molecule has 0 saturated carbocycles. The summed E-state index contributed by atoms with van der Waals surface area (Å²) in [6.45, 7) is 2.30. The molecule has 0 aliphatic carbocycles.